The number of Topliss-reactive ketones (excluding diaryl/α,β-unsaturated/α-hetero) is 1. The Morgan fingerprint density at radius 1 is 1.47 bits per heavy atom. The number of ketones is 1. The average molecular weight is 275 g/mol. The lowest BCUT2D eigenvalue weighted by Gasteiger charge is -2.20. The molecule has 0 radical (unpaired) electrons. The zero-order valence-corrected chi connectivity index (χ0v) is 11.2. The van der Waals surface area contributed by atoms with Crippen LogP contribution in [0.4, 0.5) is 0 Å². The minimum atomic E-state index is -1.03. The number of carbonyl (C=O) groups excluding carboxylic acids is 1. The summed E-state index contributed by atoms with van der Waals surface area (Å²) in [4.78, 5) is 27.7. The lowest BCUT2D eigenvalue weighted by molar-refractivity contribution is 0.0690. The van der Waals surface area contributed by atoms with E-state index in [1.165, 1.54) is 4.88 Å². The van der Waals surface area contributed by atoms with Crippen LogP contribution in [0.5, 0.6) is 0 Å². The molecule has 0 aromatic carbocycles. The number of rotatable bonds is 2. The molecule has 3 rings (SSSR count). The van der Waals surface area contributed by atoms with Crippen LogP contribution < -0.4 is 0 Å². The maximum absolute atomic E-state index is 12.3. The maximum Gasteiger partial charge on any atom is 0.338 e. The van der Waals surface area contributed by atoms with E-state index < -0.39 is 5.97 Å². The van der Waals surface area contributed by atoms with Gasteiger partial charge in [0, 0.05) is 28.6 Å². The summed E-state index contributed by atoms with van der Waals surface area (Å²) in [6.07, 6.45) is 1.10. The largest absolute Gasteiger partial charge is 0.478 e. The van der Waals surface area contributed by atoms with E-state index in [0.717, 1.165) is 5.69 Å². The van der Waals surface area contributed by atoms with Crippen LogP contribution in [0.2, 0.25) is 0 Å². The minimum Gasteiger partial charge on any atom is -0.478 e. The van der Waals surface area contributed by atoms with Gasteiger partial charge in [0.1, 0.15) is 0 Å². The molecular formula is C14H13NO3S. The van der Waals surface area contributed by atoms with Crippen molar-refractivity contribution in [3.8, 4) is 0 Å². The second kappa shape index (κ2) is 4.35. The summed E-state index contributed by atoms with van der Waals surface area (Å²) < 4.78 is 0. The fraction of sp³-hybridized carbons (Fsp3) is 0.286. The predicted molar refractivity (Wildman–Crippen MR) is 72.2 cm³/mol. The van der Waals surface area contributed by atoms with E-state index in [2.05, 4.69) is 4.98 Å². The lowest BCUT2D eigenvalue weighted by atomic mass is 9.84. The Hall–Kier alpha value is -1.88. The highest BCUT2D eigenvalue weighted by Gasteiger charge is 2.33. The quantitative estimate of drug-likeness (QED) is 0.885. The topological polar surface area (TPSA) is 70.2 Å². The third-order valence-electron chi connectivity index (χ3n) is 3.59. The number of carboxylic acid groups (broad SMARTS) is 1. The molecule has 1 atom stereocenters. The first kappa shape index (κ1) is 12.2. The molecule has 2 aromatic heterocycles. The SMILES string of the molecule is Cc1[nH]c2c(c1C(=O)O)C(=O)CC(c1cccs1)C2. The Morgan fingerprint density at radius 3 is 2.89 bits per heavy atom. The van der Waals surface area contributed by atoms with Gasteiger partial charge in [0.2, 0.25) is 0 Å². The molecule has 0 spiro atoms. The molecule has 98 valence electrons. The summed E-state index contributed by atoms with van der Waals surface area (Å²) in [6, 6.07) is 4.00. The van der Waals surface area contributed by atoms with E-state index in [-0.39, 0.29) is 17.3 Å². The molecule has 1 aliphatic carbocycles. The Kier molecular flexibility index (Phi) is 2.78. The van der Waals surface area contributed by atoms with Gasteiger partial charge < -0.3 is 10.1 Å². The van der Waals surface area contributed by atoms with Crippen LogP contribution in [-0.2, 0) is 6.42 Å². The van der Waals surface area contributed by atoms with Crippen molar-refractivity contribution in [2.24, 2.45) is 0 Å². The van der Waals surface area contributed by atoms with Gasteiger partial charge in [-0.3, -0.25) is 4.79 Å². The van der Waals surface area contributed by atoms with E-state index in [1.54, 1.807) is 18.3 Å². The van der Waals surface area contributed by atoms with Gasteiger partial charge in [0.05, 0.1) is 11.1 Å². The van der Waals surface area contributed by atoms with Crippen LogP contribution >= 0.6 is 11.3 Å². The summed E-state index contributed by atoms with van der Waals surface area (Å²) in [7, 11) is 0. The second-order valence-electron chi connectivity index (χ2n) is 4.83. The van der Waals surface area contributed by atoms with Crippen LogP contribution in [-0.4, -0.2) is 21.8 Å². The number of aromatic carboxylic acids is 1. The van der Waals surface area contributed by atoms with Crippen LogP contribution in [0.25, 0.3) is 0 Å². The summed E-state index contributed by atoms with van der Waals surface area (Å²) in [6.45, 7) is 1.70. The van der Waals surface area contributed by atoms with Crippen molar-refractivity contribution >= 4 is 23.1 Å². The number of aromatic amines is 1. The fourth-order valence-electron chi connectivity index (χ4n) is 2.79. The van der Waals surface area contributed by atoms with Crippen LogP contribution in [0.15, 0.2) is 17.5 Å². The monoisotopic (exact) mass is 275 g/mol. The molecule has 0 fully saturated rings. The molecule has 0 aliphatic heterocycles. The van der Waals surface area contributed by atoms with Crippen molar-refractivity contribution in [3.05, 3.63) is 44.9 Å². The number of hydrogen-bond donors (Lipinski definition) is 2. The highest BCUT2D eigenvalue weighted by Crippen LogP contribution is 2.36. The van der Waals surface area contributed by atoms with Gasteiger partial charge in [-0.2, -0.15) is 0 Å². The van der Waals surface area contributed by atoms with Crippen molar-refractivity contribution in [2.45, 2.75) is 25.7 Å². The summed E-state index contributed by atoms with van der Waals surface area (Å²) in [5.41, 5.74) is 1.87. The van der Waals surface area contributed by atoms with Crippen molar-refractivity contribution in [2.75, 3.05) is 0 Å². The molecule has 2 N–H and O–H groups in total. The number of thiophene rings is 1. The molecule has 2 aromatic rings. The molecule has 19 heavy (non-hydrogen) atoms. The molecular weight excluding hydrogens is 262 g/mol. The Bertz CT molecular complexity index is 655. The highest BCUT2D eigenvalue weighted by atomic mass is 32.1. The van der Waals surface area contributed by atoms with E-state index in [0.29, 0.717) is 24.1 Å². The third kappa shape index (κ3) is 1.90. The Labute approximate surface area is 114 Å². The Morgan fingerprint density at radius 2 is 2.26 bits per heavy atom. The van der Waals surface area contributed by atoms with E-state index in [4.69, 9.17) is 0 Å². The van der Waals surface area contributed by atoms with Crippen LogP contribution in [0.3, 0.4) is 0 Å². The van der Waals surface area contributed by atoms with Crippen molar-refractivity contribution in [1.29, 1.82) is 0 Å². The minimum absolute atomic E-state index is 0.0681. The van der Waals surface area contributed by atoms with Gasteiger partial charge in [-0.1, -0.05) is 6.07 Å². The molecule has 4 nitrogen and oxygen atoms in total. The molecule has 0 saturated carbocycles. The number of hydrogen-bond acceptors (Lipinski definition) is 3. The summed E-state index contributed by atoms with van der Waals surface area (Å²) in [5, 5.41) is 11.2. The second-order valence-corrected chi connectivity index (χ2v) is 5.81. The first-order valence-corrected chi connectivity index (χ1v) is 6.97. The molecule has 0 amide bonds. The number of H-pyrrole nitrogens is 1. The normalized spacial score (nSPS) is 18.4. The summed E-state index contributed by atoms with van der Waals surface area (Å²) in [5.74, 6) is -0.931. The Balaban J connectivity index is 2.05. The average Bonchev–Trinajstić information content (AvgIpc) is 2.94. The van der Waals surface area contributed by atoms with Gasteiger partial charge in [0.15, 0.2) is 5.78 Å². The highest BCUT2D eigenvalue weighted by molar-refractivity contribution is 7.10. The van der Waals surface area contributed by atoms with E-state index in [1.807, 2.05) is 17.5 Å². The molecule has 5 heteroatoms. The van der Waals surface area contributed by atoms with Crippen LogP contribution in [0.1, 0.15) is 49.3 Å². The van der Waals surface area contributed by atoms with Gasteiger partial charge in [0.25, 0.3) is 0 Å². The molecule has 0 bridgehead atoms. The molecule has 1 aliphatic rings. The van der Waals surface area contributed by atoms with Gasteiger partial charge in [-0.25, -0.2) is 4.79 Å². The van der Waals surface area contributed by atoms with Gasteiger partial charge >= 0.3 is 5.97 Å². The standard InChI is InChI=1S/C14H13NO3S/c1-7-12(14(17)18)13-9(15-7)5-8(6-10(13)16)11-3-2-4-19-11/h2-4,8,15H,5-6H2,1H3,(H,17,18). The number of carboxylic acids is 1. The zero-order chi connectivity index (χ0) is 13.6. The van der Waals surface area contributed by atoms with Crippen LogP contribution in [0, 0.1) is 6.92 Å². The van der Waals surface area contributed by atoms with Crippen molar-refractivity contribution in [1.82, 2.24) is 4.98 Å². The third-order valence-corrected chi connectivity index (χ3v) is 4.62. The number of nitrogens with one attached hydrogen (secondary N) is 1. The smallest absolute Gasteiger partial charge is 0.338 e. The van der Waals surface area contributed by atoms with Crippen molar-refractivity contribution in [3.63, 3.8) is 0 Å². The van der Waals surface area contributed by atoms with E-state index >= 15 is 0 Å². The maximum atomic E-state index is 12.3. The first-order chi connectivity index (χ1) is 9.08. The number of aryl methyl sites for hydroxylation is 1. The first-order valence-electron chi connectivity index (χ1n) is 6.09. The predicted octanol–water partition coefficient (Wildman–Crippen LogP) is 3.00. The van der Waals surface area contributed by atoms with Crippen molar-refractivity contribution < 1.29 is 14.7 Å². The molecule has 0 saturated heterocycles. The lowest BCUT2D eigenvalue weighted by Crippen LogP contribution is -2.19. The molecule has 1 unspecified atom stereocenters. The molecule has 2 heterocycles. The number of aromatic nitrogens is 1. The fourth-order valence-corrected chi connectivity index (χ4v) is 3.62. The zero-order valence-electron chi connectivity index (χ0n) is 10.4. The number of carbonyl (C=O) groups is 2. The van der Waals surface area contributed by atoms with Gasteiger partial charge in [-0.05, 0) is 24.8 Å². The van der Waals surface area contributed by atoms with E-state index in [9.17, 15) is 14.7 Å². The summed E-state index contributed by atoms with van der Waals surface area (Å²) >= 11 is 1.64. The van der Waals surface area contributed by atoms with Gasteiger partial charge in [-0.15, -0.1) is 11.3 Å². The number of fused-ring (bicyclic) bond motifs is 1.